The van der Waals surface area contributed by atoms with Gasteiger partial charge in [-0.25, -0.2) is 0 Å². The van der Waals surface area contributed by atoms with Gasteiger partial charge in [0.1, 0.15) is 0 Å². The van der Waals surface area contributed by atoms with Crippen LogP contribution in [-0.2, 0) is 12.8 Å². The van der Waals surface area contributed by atoms with Crippen molar-refractivity contribution in [3.8, 4) is 0 Å². The van der Waals surface area contributed by atoms with Crippen LogP contribution in [0.25, 0.3) is 11.3 Å². The minimum atomic E-state index is 1.02. The van der Waals surface area contributed by atoms with Gasteiger partial charge in [-0.2, -0.15) is 0 Å². The third kappa shape index (κ3) is 5.42. The van der Waals surface area contributed by atoms with Crippen molar-refractivity contribution in [2.24, 2.45) is 0 Å². The summed E-state index contributed by atoms with van der Waals surface area (Å²) in [5.74, 6) is 0. The second-order valence-electron chi connectivity index (χ2n) is 9.20. The molecule has 0 aliphatic carbocycles. The standard InChI is InChI=1S/C36H33N/c1-3-28-20-24-30(25-21-28)35(31-26-22-29(4-2)23-27-31)36(32-14-8-5-9-15-32)37(33-16-10-6-11-17-33)34-18-12-7-13-19-34/h5-27H,3-4H2,1-2H3. The molecule has 0 amide bonds. The molecule has 0 radical (unpaired) electrons. The van der Waals surface area contributed by atoms with Crippen LogP contribution in [-0.4, -0.2) is 0 Å². The molecule has 0 N–H and O–H groups in total. The van der Waals surface area contributed by atoms with E-state index in [1.807, 2.05) is 0 Å². The van der Waals surface area contributed by atoms with Crippen LogP contribution in [0.1, 0.15) is 41.7 Å². The topological polar surface area (TPSA) is 3.24 Å². The zero-order valence-corrected chi connectivity index (χ0v) is 21.6. The predicted octanol–water partition coefficient (Wildman–Crippen LogP) is 9.57. The molecule has 37 heavy (non-hydrogen) atoms. The van der Waals surface area contributed by atoms with E-state index in [-0.39, 0.29) is 0 Å². The van der Waals surface area contributed by atoms with Gasteiger partial charge in [0.05, 0.1) is 5.70 Å². The van der Waals surface area contributed by atoms with Crippen LogP contribution >= 0.6 is 0 Å². The molecule has 1 heteroatoms. The molecule has 5 aromatic rings. The van der Waals surface area contributed by atoms with Gasteiger partial charge in [0.25, 0.3) is 0 Å². The lowest BCUT2D eigenvalue weighted by Crippen LogP contribution is -2.18. The molecule has 0 aromatic heterocycles. The Kier molecular flexibility index (Phi) is 7.62. The highest BCUT2D eigenvalue weighted by Crippen LogP contribution is 2.41. The molecule has 0 heterocycles. The Morgan fingerprint density at radius 1 is 0.432 bits per heavy atom. The van der Waals surface area contributed by atoms with E-state index in [0.29, 0.717) is 0 Å². The van der Waals surface area contributed by atoms with Gasteiger partial charge in [0, 0.05) is 16.9 Å². The van der Waals surface area contributed by atoms with E-state index < -0.39 is 0 Å². The number of anilines is 2. The van der Waals surface area contributed by atoms with Crippen LogP contribution in [0.3, 0.4) is 0 Å². The third-order valence-corrected chi connectivity index (χ3v) is 6.84. The Morgan fingerprint density at radius 2 is 0.811 bits per heavy atom. The maximum absolute atomic E-state index is 2.39. The van der Waals surface area contributed by atoms with Gasteiger partial charge in [-0.3, -0.25) is 0 Å². The summed E-state index contributed by atoms with van der Waals surface area (Å²) in [6, 6.07) is 50.3. The van der Waals surface area contributed by atoms with Gasteiger partial charge in [-0.05, 0) is 64.9 Å². The van der Waals surface area contributed by atoms with Crippen LogP contribution in [0, 0.1) is 0 Å². The number of benzene rings is 5. The molecular formula is C36H33N. The van der Waals surface area contributed by atoms with Crippen LogP contribution in [0.5, 0.6) is 0 Å². The van der Waals surface area contributed by atoms with Gasteiger partial charge in [-0.15, -0.1) is 0 Å². The highest BCUT2D eigenvalue weighted by Gasteiger charge is 2.23. The second-order valence-corrected chi connectivity index (χ2v) is 9.20. The molecule has 0 aliphatic heterocycles. The van der Waals surface area contributed by atoms with Crippen molar-refractivity contribution in [2.45, 2.75) is 26.7 Å². The van der Waals surface area contributed by atoms with Crippen molar-refractivity contribution in [3.05, 3.63) is 167 Å². The normalized spacial score (nSPS) is 10.6. The molecule has 0 saturated carbocycles. The van der Waals surface area contributed by atoms with Gasteiger partial charge in [0.2, 0.25) is 0 Å². The first-order chi connectivity index (χ1) is 18.3. The van der Waals surface area contributed by atoms with Crippen molar-refractivity contribution in [1.82, 2.24) is 0 Å². The Bertz CT molecular complexity index is 1340. The summed E-state index contributed by atoms with van der Waals surface area (Å²) in [5, 5.41) is 0. The van der Waals surface area contributed by atoms with Gasteiger partial charge >= 0.3 is 0 Å². The highest BCUT2D eigenvalue weighted by molar-refractivity contribution is 6.06. The number of para-hydroxylation sites is 2. The van der Waals surface area contributed by atoms with E-state index in [4.69, 9.17) is 0 Å². The molecule has 0 spiro atoms. The summed E-state index contributed by atoms with van der Waals surface area (Å²) in [7, 11) is 0. The van der Waals surface area contributed by atoms with E-state index in [9.17, 15) is 0 Å². The van der Waals surface area contributed by atoms with Gasteiger partial charge < -0.3 is 4.90 Å². The SMILES string of the molecule is CCc1ccc(C(=C(c2ccccc2)N(c2ccccc2)c2ccccc2)c2ccc(CC)cc2)cc1. The summed E-state index contributed by atoms with van der Waals surface area (Å²) in [6.45, 7) is 4.41. The minimum Gasteiger partial charge on any atom is -0.309 e. The second kappa shape index (κ2) is 11.6. The van der Waals surface area contributed by atoms with E-state index in [1.54, 1.807) is 0 Å². The summed E-state index contributed by atoms with van der Waals surface area (Å²) >= 11 is 0. The van der Waals surface area contributed by atoms with Gasteiger partial charge in [-0.1, -0.05) is 129 Å². The maximum atomic E-state index is 2.39. The van der Waals surface area contributed by atoms with E-state index >= 15 is 0 Å². The van der Waals surface area contributed by atoms with Crippen LogP contribution in [0.4, 0.5) is 11.4 Å². The summed E-state index contributed by atoms with van der Waals surface area (Å²) in [5.41, 5.74) is 10.9. The molecule has 0 saturated heterocycles. The Morgan fingerprint density at radius 3 is 1.19 bits per heavy atom. The summed E-state index contributed by atoms with van der Waals surface area (Å²) in [6.07, 6.45) is 2.05. The van der Waals surface area contributed by atoms with Crippen molar-refractivity contribution in [3.63, 3.8) is 0 Å². The Balaban J connectivity index is 1.88. The molecule has 0 aliphatic rings. The molecule has 0 unspecified atom stereocenters. The van der Waals surface area contributed by atoms with Crippen molar-refractivity contribution < 1.29 is 0 Å². The number of rotatable bonds is 8. The third-order valence-electron chi connectivity index (χ3n) is 6.84. The molecule has 0 bridgehead atoms. The lowest BCUT2D eigenvalue weighted by molar-refractivity contribution is 1.14. The minimum absolute atomic E-state index is 1.02. The molecule has 182 valence electrons. The first kappa shape index (κ1) is 24.3. The van der Waals surface area contributed by atoms with Crippen LogP contribution in [0.2, 0.25) is 0 Å². The summed E-state index contributed by atoms with van der Waals surface area (Å²) < 4.78 is 0. The fraction of sp³-hybridized carbons (Fsp3) is 0.111. The average molecular weight is 480 g/mol. The average Bonchev–Trinajstić information content (AvgIpc) is 2.99. The Labute approximate surface area is 221 Å². The number of nitrogens with zero attached hydrogens (tertiary/aromatic N) is 1. The molecule has 0 fully saturated rings. The zero-order valence-electron chi connectivity index (χ0n) is 21.6. The molecule has 1 nitrogen and oxygen atoms in total. The molecule has 0 atom stereocenters. The van der Waals surface area contributed by atoms with E-state index in [1.165, 1.54) is 33.4 Å². The lowest BCUT2D eigenvalue weighted by atomic mass is 9.90. The largest absolute Gasteiger partial charge is 0.309 e. The number of hydrogen-bond donors (Lipinski definition) is 0. The highest BCUT2D eigenvalue weighted by atomic mass is 15.2. The van der Waals surface area contributed by atoms with Crippen molar-refractivity contribution in [2.75, 3.05) is 4.90 Å². The maximum Gasteiger partial charge on any atom is 0.0618 e. The first-order valence-corrected chi connectivity index (χ1v) is 13.2. The van der Waals surface area contributed by atoms with E-state index in [0.717, 1.165) is 29.9 Å². The monoisotopic (exact) mass is 479 g/mol. The smallest absolute Gasteiger partial charge is 0.0618 e. The molecular weight excluding hydrogens is 446 g/mol. The number of hydrogen-bond acceptors (Lipinski definition) is 1. The lowest BCUT2D eigenvalue weighted by Gasteiger charge is -2.31. The fourth-order valence-electron chi connectivity index (χ4n) is 4.80. The van der Waals surface area contributed by atoms with E-state index in [2.05, 4.69) is 158 Å². The van der Waals surface area contributed by atoms with Crippen LogP contribution < -0.4 is 4.90 Å². The summed E-state index contributed by atoms with van der Waals surface area (Å²) in [4.78, 5) is 2.39. The predicted molar refractivity (Wildman–Crippen MR) is 159 cm³/mol. The zero-order chi connectivity index (χ0) is 25.5. The van der Waals surface area contributed by atoms with Crippen LogP contribution in [0.15, 0.2) is 140 Å². The Hall–Kier alpha value is -4.36. The molecule has 5 aromatic carbocycles. The molecule has 5 rings (SSSR count). The van der Waals surface area contributed by atoms with Crippen molar-refractivity contribution >= 4 is 22.6 Å². The first-order valence-electron chi connectivity index (χ1n) is 13.2. The van der Waals surface area contributed by atoms with Crippen molar-refractivity contribution in [1.29, 1.82) is 0 Å². The quantitative estimate of drug-likeness (QED) is 0.200. The fourth-order valence-corrected chi connectivity index (χ4v) is 4.80. The van der Waals surface area contributed by atoms with Gasteiger partial charge in [0.15, 0.2) is 0 Å². The number of aryl methyl sites for hydroxylation is 2.